The summed E-state index contributed by atoms with van der Waals surface area (Å²) in [6.45, 7) is 6.20. The van der Waals surface area contributed by atoms with Crippen LogP contribution in [0.3, 0.4) is 0 Å². The number of anilines is 1. The summed E-state index contributed by atoms with van der Waals surface area (Å²) in [7, 11) is -3.74. The van der Waals surface area contributed by atoms with Crippen molar-refractivity contribution >= 4 is 15.8 Å². The first-order valence-corrected chi connectivity index (χ1v) is 12.4. The normalized spacial score (nSPS) is 14.8. The predicted molar refractivity (Wildman–Crippen MR) is 125 cm³/mol. The molecule has 1 fully saturated rings. The smallest absolute Gasteiger partial charge is 0.247 e. The van der Waals surface area contributed by atoms with E-state index in [1.165, 1.54) is 4.31 Å². The van der Waals surface area contributed by atoms with Gasteiger partial charge < -0.3 is 14.4 Å². The van der Waals surface area contributed by atoms with E-state index in [9.17, 15) is 8.42 Å². The van der Waals surface area contributed by atoms with Crippen LogP contribution in [0.4, 0.5) is 5.82 Å². The average Bonchev–Trinajstić information content (AvgIpc) is 2.86. The molecular weight excluding hydrogens is 442 g/mol. The summed E-state index contributed by atoms with van der Waals surface area (Å²) in [6, 6.07) is 12.5. The summed E-state index contributed by atoms with van der Waals surface area (Å²) >= 11 is 0. The first-order valence-electron chi connectivity index (χ1n) is 10.9. The van der Waals surface area contributed by atoms with Crippen molar-refractivity contribution < 1.29 is 17.9 Å². The molecule has 174 valence electrons. The summed E-state index contributed by atoms with van der Waals surface area (Å²) in [6.07, 6.45) is 3.43. The van der Waals surface area contributed by atoms with Crippen molar-refractivity contribution in [1.29, 1.82) is 0 Å². The molecule has 3 heterocycles. The van der Waals surface area contributed by atoms with Crippen molar-refractivity contribution in [2.75, 3.05) is 44.3 Å². The molecule has 33 heavy (non-hydrogen) atoms. The highest BCUT2D eigenvalue weighted by molar-refractivity contribution is 7.89. The van der Waals surface area contributed by atoms with Crippen LogP contribution in [0.25, 0.3) is 11.3 Å². The van der Waals surface area contributed by atoms with Gasteiger partial charge >= 0.3 is 0 Å². The lowest BCUT2D eigenvalue weighted by molar-refractivity contribution is 0.319. The first kappa shape index (κ1) is 22.9. The Morgan fingerprint density at radius 3 is 2.24 bits per heavy atom. The highest BCUT2D eigenvalue weighted by Gasteiger charge is 2.32. The summed E-state index contributed by atoms with van der Waals surface area (Å²) in [5, 5.41) is 8.66. The Labute approximate surface area is 194 Å². The largest absolute Gasteiger partial charge is 0.494 e. The number of hydrogen-bond acceptors (Lipinski definition) is 8. The van der Waals surface area contributed by atoms with Gasteiger partial charge in [0.25, 0.3) is 0 Å². The lowest BCUT2D eigenvalue weighted by Crippen LogP contribution is -2.49. The monoisotopic (exact) mass is 469 g/mol. The van der Waals surface area contributed by atoms with E-state index in [-0.39, 0.29) is 4.90 Å². The third kappa shape index (κ3) is 5.07. The molecule has 0 spiro atoms. The van der Waals surface area contributed by atoms with Crippen molar-refractivity contribution in [2.24, 2.45) is 0 Å². The molecule has 4 rings (SSSR count). The van der Waals surface area contributed by atoms with Gasteiger partial charge in [0.05, 0.1) is 18.9 Å². The highest BCUT2D eigenvalue weighted by Crippen LogP contribution is 2.32. The maximum atomic E-state index is 13.4. The predicted octanol–water partition coefficient (Wildman–Crippen LogP) is 2.85. The standard InChI is InChI=1S/C23H27N5O4S/c1-3-31-19-5-7-21(32-4-2)22(17-19)33(29,30)28-15-13-27(14-16-28)23-8-6-20(25-26-23)18-9-11-24-12-10-18/h5-12,17H,3-4,13-16H2,1-2H3. The van der Waals surface area contributed by atoms with Crippen LogP contribution in [0, 0.1) is 0 Å². The Morgan fingerprint density at radius 1 is 0.879 bits per heavy atom. The first-order chi connectivity index (χ1) is 16.0. The maximum Gasteiger partial charge on any atom is 0.247 e. The highest BCUT2D eigenvalue weighted by atomic mass is 32.2. The number of piperazine rings is 1. The Balaban J connectivity index is 1.48. The van der Waals surface area contributed by atoms with E-state index in [2.05, 4.69) is 15.2 Å². The molecule has 0 aliphatic carbocycles. The molecule has 1 aliphatic rings. The molecule has 2 aromatic heterocycles. The zero-order valence-corrected chi connectivity index (χ0v) is 19.5. The van der Waals surface area contributed by atoms with Crippen LogP contribution in [0.1, 0.15) is 13.8 Å². The molecule has 0 amide bonds. The Kier molecular flexibility index (Phi) is 7.05. The van der Waals surface area contributed by atoms with E-state index in [0.717, 1.165) is 17.1 Å². The second kappa shape index (κ2) is 10.1. The van der Waals surface area contributed by atoms with Crippen molar-refractivity contribution in [1.82, 2.24) is 19.5 Å². The van der Waals surface area contributed by atoms with Crippen molar-refractivity contribution in [3.63, 3.8) is 0 Å². The zero-order chi connectivity index (χ0) is 23.3. The van der Waals surface area contributed by atoms with E-state index in [4.69, 9.17) is 9.47 Å². The lowest BCUT2D eigenvalue weighted by atomic mass is 10.2. The van der Waals surface area contributed by atoms with Gasteiger partial charge in [-0.3, -0.25) is 4.98 Å². The fraction of sp³-hybridized carbons (Fsp3) is 0.348. The van der Waals surface area contributed by atoms with Crippen molar-refractivity contribution in [2.45, 2.75) is 18.7 Å². The van der Waals surface area contributed by atoms with Gasteiger partial charge in [0.1, 0.15) is 16.4 Å². The van der Waals surface area contributed by atoms with Gasteiger partial charge in [0, 0.05) is 50.2 Å². The molecule has 1 saturated heterocycles. The minimum absolute atomic E-state index is 0.130. The lowest BCUT2D eigenvalue weighted by Gasteiger charge is -2.34. The average molecular weight is 470 g/mol. The number of sulfonamides is 1. The molecule has 1 aromatic carbocycles. The van der Waals surface area contributed by atoms with Gasteiger partial charge in [-0.2, -0.15) is 4.31 Å². The van der Waals surface area contributed by atoms with Crippen LogP contribution in [0.2, 0.25) is 0 Å². The van der Waals surface area contributed by atoms with Crippen molar-refractivity contribution in [3.05, 3.63) is 54.9 Å². The van der Waals surface area contributed by atoms with Crippen molar-refractivity contribution in [3.8, 4) is 22.8 Å². The van der Waals surface area contributed by atoms with Gasteiger partial charge in [-0.15, -0.1) is 10.2 Å². The minimum atomic E-state index is -3.74. The van der Waals surface area contributed by atoms with Crippen LogP contribution in [0.5, 0.6) is 11.5 Å². The van der Waals surface area contributed by atoms with Crippen LogP contribution in [0.15, 0.2) is 59.8 Å². The molecule has 0 radical (unpaired) electrons. The topological polar surface area (TPSA) is 97.8 Å². The summed E-state index contributed by atoms with van der Waals surface area (Å²) in [4.78, 5) is 6.18. The number of nitrogens with zero attached hydrogens (tertiary/aromatic N) is 5. The van der Waals surface area contributed by atoms with Gasteiger partial charge in [-0.1, -0.05) is 0 Å². The van der Waals surface area contributed by atoms with Gasteiger partial charge in [0.2, 0.25) is 10.0 Å². The van der Waals surface area contributed by atoms with Gasteiger partial charge in [-0.05, 0) is 50.2 Å². The Morgan fingerprint density at radius 2 is 1.61 bits per heavy atom. The molecule has 9 nitrogen and oxygen atoms in total. The molecule has 0 bridgehead atoms. The van der Waals surface area contributed by atoms with E-state index in [0.29, 0.717) is 50.9 Å². The zero-order valence-electron chi connectivity index (χ0n) is 18.7. The van der Waals surface area contributed by atoms with E-state index < -0.39 is 10.0 Å². The molecule has 0 unspecified atom stereocenters. The number of ether oxygens (including phenoxy) is 2. The Bertz CT molecular complexity index is 1170. The summed E-state index contributed by atoms with van der Waals surface area (Å²) < 4.78 is 39.4. The third-order valence-electron chi connectivity index (χ3n) is 5.33. The van der Waals surface area contributed by atoms with Gasteiger partial charge in [-0.25, -0.2) is 8.42 Å². The van der Waals surface area contributed by atoms with Gasteiger partial charge in [0.15, 0.2) is 5.82 Å². The van der Waals surface area contributed by atoms with E-state index >= 15 is 0 Å². The molecule has 0 saturated carbocycles. The van der Waals surface area contributed by atoms with Crippen LogP contribution < -0.4 is 14.4 Å². The number of rotatable bonds is 8. The number of benzene rings is 1. The molecule has 0 atom stereocenters. The summed E-state index contributed by atoms with van der Waals surface area (Å²) in [5.74, 6) is 1.56. The number of pyridine rings is 1. The fourth-order valence-electron chi connectivity index (χ4n) is 3.69. The molecular formula is C23H27N5O4S. The molecule has 1 aliphatic heterocycles. The molecule has 0 N–H and O–H groups in total. The fourth-order valence-corrected chi connectivity index (χ4v) is 5.26. The quantitative estimate of drug-likeness (QED) is 0.497. The summed E-state index contributed by atoms with van der Waals surface area (Å²) in [5.41, 5.74) is 1.71. The van der Waals surface area contributed by atoms with Crippen LogP contribution >= 0.6 is 0 Å². The molecule has 3 aromatic rings. The molecule has 10 heteroatoms. The maximum absolute atomic E-state index is 13.4. The second-order valence-electron chi connectivity index (χ2n) is 7.38. The number of hydrogen-bond donors (Lipinski definition) is 0. The SMILES string of the molecule is CCOc1ccc(OCC)c(S(=O)(=O)N2CCN(c3ccc(-c4ccncc4)nn3)CC2)c1. The second-order valence-corrected chi connectivity index (χ2v) is 9.28. The van der Waals surface area contributed by atoms with Crippen LogP contribution in [-0.4, -0.2) is 67.3 Å². The third-order valence-corrected chi connectivity index (χ3v) is 7.25. The minimum Gasteiger partial charge on any atom is -0.494 e. The van der Waals surface area contributed by atoms with Crippen LogP contribution in [-0.2, 0) is 10.0 Å². The Hall–Kier alpha value is -3.24. The van der Waals surface area contributed by atoms with E-state index in [1.54, 1.807) is 30.6 Å². The van der Waals surface area contributed by atoms with E-state index in [1.807, 2.05) is 43.0 Å². The number of aromatic nitrogens is 3.